The van der Waals surface area contributed by atoms with E-state index in [1.165, 1.54) is 24.8 Å². The molecule has 0 amide bonds. The van der Waals surface area contributed by atoms with Crippen LogP contribution in [0.15, 0.2) is 18.2 Å². The van der Waals surface area contributed by atoms with Gasteiger partial charge in [-0.2, -0.15) is 0 Å². The van der Waals surface area contributed by atoms with Crippen LogP contribution in [0.2, 0.25) is 0 Å². The number of hydrogen-bond acceptors (Lipinski definition) is 3. The lowest BCUT2D eigenvalue weighted by atomic mass is 10.1. The maximum atomic E-state index is 5.83. The van der Waals surface area contributed by atoms with Crippen molar-refractivity contribution in [1.29, 1.82) is 0 Å². The topological polar surface area (TPSA) is 33.3 Å². The minimum absolute atomic E-state index is 0.503. The summed E-state index contributed by atoms with van der Waals surface area (Å²) in [6, 6.07) is 6.62. The monoisotopic (exact) mass is 264 g/mol. The van der Waals surface area contributed by atoms with Gasteiger partial charge in [0.15, 0.2) is 5.75 Å². The van der Waals surface area contributed by atoms with Crippen LogP contribution in [0, 0.1) is 6.92 Å². The fourth-order valence-corrected chi connectivity index (χ4v) is 2.93. The second-order valence-electron chi connectivity index (χ2n) is 4.60. The van der Waals surface area contributed by atoms with Crippen molar-refractivity contribution in [3.63, 3.8) is 0 Å². The van der Waals surface area contributed by atoms with E-state index in [9.17, 15) is 0 Å². The second kappa shape index (κ2) is 6.77. The van der Waals surface area contributed by atoms with Crippen LogP contribution in [-0.4, -0.2) is 25.4 Å². The number of rotatable bonds is 4. The average Bonchev–Trinajstić information content (AvgIpc) is 2.40. The zero-order chi connectivity index (χ0) is 12.8. The van der Waals surface area contributed by atoms with Crippen LogP contribution < -0.4 is 15.2 Å². The Morgan fingerprint density at radius 2 is 2.33 bits per heavy atom. The molecule has 1 aromatic carbocycles. The van der Waals surface area contributed by atoms with E-state index in [4.69, 9.17) is 4.52 Å². The average molecular weight is 264 g/mol. The molecule has 0 radical (unpaired) electrons. The lowest BCUT2D eigenvalue weighted by molar-refractivity contribution is 0.478. The minimum Gasteiger partial charge on any atom is -0.438 e. The van der Waals surface area contributed by atoms with Crippen molar-refractivity contribution in [1.82, 2.24) is 5.32 Å². The van der Waals surface area contributed by atoms with E-state index in [1.54, 1.807) is 0 Å². The highest BCUT2D eigenvalue weighted by atomic mass is 31.1. The van der Waals surface area contributed by atoms with Crippen molar-refractivity contribution in [3.05, 3.63) is 23.8 Å². The third-order valence-corrected chi connectivity index (χ3v) is 4.01. The molecule has 1 fully saturated rings. The molecule has 0 spiro atoms. The van der Waals surface area contributed by atoms with Crippen molar-refractivity contribution in [2.45, 2.75) is 32.2 Å². The molecule has 1 unspecified atom stereocenters. The predicted octanol–water partition coefficient (Wildman–Crippen LogP) is 3.22. The number of hydrogen-bond donors (Lipinski definition) is 2. The first-order chi connectivity index (χ1) is 8.81. The molecule has 98 valence electrons. The molecule has 18 heavy (non-hydrogen) atoms. The van der Waals surface area contributed by atoms with Gasteiger partial charge in [0.25, 0.3) is 0 Å². The molecule has 1 aliphatic heterocycles. The Labute approximate surface area is 111 Å². The third-order valence-electron chi connectivity index (χ3n) is 3.22. The van der Waals surface area contributed by atoms with Gasteiger partial charge >= 0.3 is 0 Å². The molecule has 1 aliphatic rings. The molecule has 2 N–H and O–H groups in total. The molecule has 0 aliphatic carbocycles. The largest absolute Gasteiger partial charge is 0.438 e. The van der Waals surface area contributed by atoms with Crippen molar-refractivity contribution >= 4 is 19.9 Å². The van der Waals surface area contributed by atoms with Gasteiger partial charge in [-0.05, 0) is 43.7 Å². The molecular weight excluding hydrogens is 243 g/mol. The van der Waals surface area contributed by atoms with E-state index in [2.05, 4.69) is 29.4 Å². The van der Waals surface area contributed by atoms with Crippen LogP contribution in [-0.2, 0) is 0 Å². The standard InChI is InChI=1S/C14H21N2OP/c1-11-6-5-8-13(14(11)15-2)17-18-10-12-7-3-4-9-16-12/h5-6,8,10,12,15-16H,3-4,7,9H2,1-2H3. The first kappa shape index (κ1) is 13.4. The predicted molar refractivity (Wildman–Crippen MR) is 80.0 cm³/mol. The van der Waals surface area contributed by atoms with Crippen molar-refractivity contribution in [3.8, 4) is 5.75 Å². The van der Waals surface area contributed by atoms with E-state index >= 15 is 0 Å². The Kier molecular flexibility index (Phi) is 5.03. The fraction of sp³-hybridized carbons (Fsp3) is 0.500. The van der Waals surface area contributed by atoms with Crippen LogP contribution in [0.25, 0.3) is 0 Å². The highest BCUT2D eigenvalue weighted by Crippen LogP contribution is 2.29. The first-order valence-electron chi connectivity index (χ1n) is 6.52. The van der Waals surface area contributed by atoms with Crippen LogP contribution in [0.4, 0.5) is 5.69 Å². The van der Waals surface area contributed by atoms with Gasteiger partial charge in [-0.25, -0.2) is 0 Å². The Hall–Kier alpha value is -1.05. The van der Waals surface area contributed by atoms with Gasteiger partial charge in [0, 0.05) is 13.1 Å². The summed E-state index contributed by atoms with van der Waals surface area (Å²) in [5, 5.41) is 6.68. The summed E-state index contributed by atoms with van der Waals surface area (Å²) in [5.41, 5.74) is 2.29. The highest BCUT2D eigenvalue weighted by Gasteiger charge is 2.09. The van der Waals surface area contributed by atoms with E-state index < -0.39 is 0 Å². The number of nitrogens with one attached hydrogen (secondary N) is 2. The van der Waals surface area contributed by atoms with Gasteiger partial charge in [-0.15, -0.1) is 0 Å². The molecule has 0 saturated carbocycles. The van der Waals surface area contributed by atoms with Crippen LogP contribution in [0.1, 0.15) is 24.8 Å². The summed E-state index contributed by atoms with van der Waals surface area (Å²) in [7, 11) is 2.85. The Balaban J connectivity index is 1.97. The summed E-state index contributed by atoms with van der Waals surface area (Å²) >= 11 is 0. The number of benzene rings is 1. The number of para-hydroxylation sites is 1. The Morgan fingerprint density at radius 3 is 3.06 bits per heavy atom. The fourth-order valence-electron chi connectivity index (χ4n) is 2.20. The van der Waals surface area contributed by atoms with E-state index in [0.29, 0.717) is 6.04 Å². The van der Waals surface area contributed by atoms with Crippen LogP contribution >= 0.6 is 8.43 Å². The zero-order valence-electron chi connectivity index (χ0n) is 11.1. The normalized spacial score (nSPS) is 20.0. The summed E-state index contributed by atoms with van der Waals surface area (Å²) in [4.78, 5) is 0. The Bertz CT molecular complexity index is 414. The second-order valence-corrected chi connectivity index (χ2v) is 5.29. The molecule has 4 heteroatoms. The molecule has 3 nitrogen and oxygen atoms in total. The molecular formula is C14H21N2OP. The molecule has 1 saturated heterocycles. The van der Waals surface area contributed by atoms with Gasteiger partial charge in [-0.1, -0.05) is 18.6 Å². The smallest absolute Gasteiger partial charge is 0.154 e. The zero-order valence-corrected chi connectivity index (χ0v) is 12.0. The lowest BCUT2D eigenvalue weighted by Gasteiger charge is -2.19. The molecule has 0 aromatic heterocycles. The highest BCUT2D eigenvalue weighted by molar-refractivity contribution is 7.33. The SMILES string of the molecule is CNc1c(C)cccc1OP=CC1CCCCN1. The lowest BCUT2D eigenvalue weighted by Crippen LogP contribution is -2.34. The number of aryl methyl sites for hydroxylation is 1. The number of anilines is 1. The minimum atomic E-state index is 0.503. The van der Waals surface area contributed by atoms with Gasteiger partial charge in [0.1, 0.15) is 8.43 Å². The molecule has 1 aromatic rings. The van der Waals surface area contributed by atoms with Gasteiger partial charge in [0.05, 0.1) is 5.69 Å². The van der Waals surface area contributed by atoms with Crippen molar-refractivity contribution < 1.29 is 4.52 Å². The van der Waals surface area contributed by atoms with Crippen molar-refractivity contribution in [2.24, 2.45) is 0 Å². The summed E-state index contributed by atoms with van der Waals surface area (Å²) < 4.78 is 5.83. The summed E-state index contributed by atoms with van der Waals surface area (Å²) in [6.07, 6.45) is 3.84. The summed E-state index contributed by atoms with van der Waals surface area (Å²) in [6.45, 7) is 3.21. The molecule has 1 atom stereocenters. The van der Waals surface area contributed by atoms with Gasteiger partial charge in [-0.3, -0.25) is 0 Å². The number of piperidine rings is 1. The molecule has 1 heterocycles. The maximum absolute atomic E-state index is 5.83. The van der Waals surface area contributed by atoms with Crippen LogP contribution in [0.5, 0.6) is 5.75 Å². The van der Waals surface area contributed by atoms with E-state index in [-0.39, 0.29) is 0 Å². The van der Waals surface area contributed by atoms with E-state index in [0.717, 1.165) is 26.4 Å². The molecule has 2 rings (SSSR count). The van der Waals surface area contributed by atoms with Gasteiger partial charge < -0.3 is 15.2 Å². The third kappa shape index (κ3) is 3.47. The summed E-state index contributed by atoms with van der Waals surface area (Å²) in [5.74, 6) is 3.13. The van der Waals surface area contributed by atoms with Crippen LogP contribution in [0.3, 0.4) is 0 Å². The quantitative estimate of drug-likeness (QED) is 0.819. The maximum Gasteiger partial charge on any atom is 0.154 e. The molecule has 0 bridgehead atoms. The van der Waals surface area contributed by atoms with Crippen molar-refractivity contribution in [2.75, 3.05) is 18.9 Å². The Morgan fingerprint density at radius 1 is 1.44 bits per heavy atom. The van der Waals surface area contributed by atoms with Gasteiger partial charge in [0.2, 0.25) is 0 Å². The first-order valence-corrected chi connectivity index (χ1v) is 7.40. The van der Waals surface area contributed by atoms with E-state index in [1.807, 2.05) is 19.2 Å².